The van der Waals surface area contributed by atoms with Gasteiger partial charge in [-0.2, -0.15) is 11.8 Å². The second kappa shape index (κ2) is 6.37. The van der Waals surface area contributed by atoms with Gasteiger partial charge in [-0.25, -0.2) is 4.79 Å². The molecule has 16 heavy (non-hydrogen) atoms. The Labute approximate surface area is 98.3 Å². The van der Waals surface area contributed by atoms with Crippen molar-refractivity contribution in [2.24, 2.45) is 0 Å². The van der Waals surface area contributed by atoms with Gasteiger partial charge in [0.15, 0.2) is 5.43 Å². The van der Waals surface area contributed by atoms with E-state index in [1.807, 2.05) is 11.8 Å². The first kappa shape index (κ1) is 12.8. The molecule has 0 unspecified atom stereocenters. The van der Waals surface area contributed by atoms with Crippen LogP contribution in [0.3, 0.4) is 0 Å². The predicted molar refractivity (Wildman–Crippen MR) is 65.3 cm³/mol. The summed E-state index contributed by atoms with van der Waals surface area (Å²) in [6.45, 7) is 2.85. The van der Waals surface area contributed by atoms with Crippen LogP contribution in [-0.2, 0) is 6.54 Å². The summed E-state index contributed by atoms with van der Waals surface area (Å²) in [6.07, 6.45) is 4.01. The molecular formula is C11H15NO3S. The Hall–Kier alpha value is -1.23. The molecule has 0 radical (unpaired) electrons. The molecule has 1 aromatic heterocycles. The fraction of sp³-hybridized carbons (Fsp3) is 0.455. The van der Waals surface area contributed by atoms with Gasteiger partial charge in [-0.15, -0.1) is 0 Å². The summed E-state index contributed by atoms with van der Waals surface area (Å²) < 4.78 is 1.75. The van der Waals surface area contributed by atoms with Crippen LogP contribution in [0.2, 0.25) is 0 Å². The highest BCUT2D eigenvalue weighted by Crippen LogP contribution is 2.03. The van der Waals surface area contributed by atoms with Gasteiger partial charge in [0.25, 0.3) is 0 Å². The standard InChI is InChI=1S/C11H15NO3S/c1-2-16-7-3-5-12-6-4-10(13)9(8-12)11(14)15/h4,6,8H,2-3,5,7H2,1H3,(H,14,15). The Bertz CT molecular complexity index is 414. The van der Waals surface area contributed by atoms with E-state index in [2.05, 4.69) is 6.92 Å². The minimum atomic E-state index is -1.16. The summed E-state index contributed by atoms with van der Waals surface area (Å²) in [6, 6.07) is 1.30. The number of aromatic nitrogens is 1. The van der Waals surface area contributed by atoms with E-state index in [0.717, 1.165) is 24.5 Å². The van der Waals surface area contributed by atoms with Crippen molar-refractivity contribution >= 4 is 17.7 Å². The molecule has 1 aromatic rings. The SMILES string of the molecule is CCSCCCn1ccc(=O)c(C(=O)O)c1. The van der Waals surface area contributed by atoms with Crippen LogP contribution >= 0.6 is 11.8 Å². The molecule has 0 aromatic carbocycles. The molecule has 5 heteroatoms. The Morgan fingerprint density at radius 2 is 2.31 bits per heavy atom. The zero-order chi connectivity index (χ0) is 12.0. The number of pyridine rings is 1. The maximum Gasteiger partial charge on any atom is 0.341 e. The first-order valence-corrected chi connectivity index (χ1v) is 6.31. The lowest BCUT2D eigenvalue weighted by atomic mass is 10.2. The van der Waals surface area contributed by atoms with E-state index >= 15 is 0 Å². The third kappa shape index (κ3) is 3.73. The fourth-order valence-electron chi connectivity index (χ4n) is 1.32. The molecule has 1 N–H and O–H groups in total. The number of hydrogen-bond acceptors (Lipinski definition) is 3. The monoisotopic (exact) mass is 241 g/mol. The summed E-state index contributed by atoms with van der Waals surface area (Å²) in [7, 11) is 0. The molecular weight excluding hydrogens is 226 g/mol. The number of rotatable bonds is 6. The van der Waals surface area contributed by atoms with Crippen LogP contribution in [-0.4, -0.2) is 27.1 Å². The third-order valence-corrected chi connectivity index (χ3v) is 3.10. The van der Waals surface area contributed by atoms with Crippen LogP contribution in [0, 0.1) is 0 Å². The molecule has 0 aliphatic rings. The zero-order valence-corrected chi connectivity index (χ0v) is 10.00. The average Bonchev–Trinajstić information content (AvgIpc) is 2.26. The predicted octanol–water partition coefficient (Wildman–Crippen LogP) is 1.69. The van der Waals surface area contributed by atoms with Crippen molar-refractivity contribution in [3.8, 4) is 0 Å². The second-order valence-electron chi connectivity index (χ2n) is 3.32. The number of thioether (sulfide) groups is 1. The smallest absolute Gasteiger partial charge is 0.341 e. The Balaban J connectivity index is 2.64. The number of hydrogen-bond donors (Lipinski definition) is 1. The zero-order valence-electron chi connectivity index (χ0n) is 9.18. The van der Waals surface area contributed by atoms with Gasteiger partial charge in [0.05, 0.1) is 0 Å². The quantitative estimate of drug-likeness (QED) is 0.770. The van der Waals surface area contributed by atoms with Crippen molar-refractivity contribution in [1.82, 2.24) is 4.57 Å². The fourth-order valence-corrected chi connectivity index (χ4v) is 1.94. The highest BCUT2D eigenvalue weighted by atomic mass is 32.2. The molecule has 4 nitrogen and oxygen atoms in total. The topological polar surface area (TPSA) is 59.3 Å². The first-order chi connectivity index (χ1) is 7.65. The van der Waals surface area contributed by atoms with Crippen molar-refractivity contribution in [2.45, 2.75) is 19.9 Å². The van der Waals surface area contributed by atoms with Crippen molar-refractivity contribution in [2.75, 3.05) is 11.5 Å². The van der Waals surface area contributed by atoms with Crippen molar-refractivity contribution < 1.29 is 9.90 Å². The second-order valence-corrected chi connectivity index (χ2v) is 4.71. The van der Waals surface area contributed by atoms with Crippen LogP contribution in [0.4, 0.5) is 0 Å². The van der Waals surface area contributed by atoms with Gasteiger partial charge in [-0.1, -0.05) is 6.92 Å². The van der Waals surface area contributed by atoms with E-state index in [1.54, 1.807) is 10.8 Å². The molecule has 0 atom stereocenters. The molecule has 0 bridgehead atoms. The van der Waals surface area contributed by atoms with Gasteiger partial charge in [0.2, 0.25) is 0 Å². The van der Waals surface area contributed by atoms with E-state index in [1.165, 1.54) is 12.3 Å². The Kier molecular flexibility index (Phi) is 5.11. The van der Waals surface area contributed by atoms with Crippen LogP contribution in [0.25, 0.3) is 0 Å². The van der Waals surface area contributed by atoms with E-state index in [-0.39, 0.29) is 5.56 Å². The first-order valence-electron chi connectivity index (χ1n) is 5.16. The summed E-state index contributed by atoms with van der Waals surface area (Å²) in [5.74, 6) is 0.970. The third-order valence-electron chi connectivity index (χ3n) is 2.12. The lowest BCUT2D eigenvalue weighted by Gasteiger charge is -2.06. The van der Waals surface area contributed by atoms with Gasteiger partial charge in [0.1, 0.15) is 5.56 Å². The van der Waals surface area contributed by atoms with Gasteiger partial charge < -0.3 is 9.67 Å². The van der Waals surface area contributed by atoms with Crippen LogP contribution in [0.5, 0.6) is 0 Å². The van der Waals surface area contributed by atoms with Gasteiger partial charge in [-0.05, 0) is 17.9 Å². The van der Waals surface area contributed by atoms with Gasteiger partial charge in [-0.3, -0.25) is 4.79 Å². The summed E-state index contributed by atoms with van der Waals surface area (Å²) in [5, 5.41) is 8.78. The van der Waals surface area contributed by atoms with E-state index in [4.69, 9.17) is 5.11 Å². The van der Waals surface area contributed by atoms with Crippen molar-refractivity contribution in [3.63, 3.8) is 0 Å². The van der Waals surface area contributed by atoms with Crippen LogP contribution in [0.15, 0.2) is 23.3 Å². The normalized spacial score (nSPS) is 10.3. The number of carboxylic acid groups (broad SMARTS) is 1. The van der Waals surface area contributed by atoms with E-state index in [0.29, 0.717) is 0 Å². The number of aryl methyl sites for hydroxylation is 1. The largest absolute Gasteiger partial charge is 0.477 e. The molecule has 0 saturated heterocycles. The van der Waals surface area contributed by atoms with E-state index < -0.39 is 11.4 Å². The van der Waals surface area contributed by atoms with E-state index in [9.17, 15) is 9.59 Å². The molecule has 0 amide bonds. The molecule has 1 heterocycles. The molecule has 0 aliphatic carbocycles. The summed E-state index contributed by atoms with van der Waals surface area (Å²) >= 11 is 1.85. The highest BCUT2D eigenvalue weighted by Gasteiger charge is 2.07. The lowest BCUT2D eigenvalue weighted by Crippen LogP contribution is -2.16. The maximum atomic E-state index is 11.2. The molecule has 0 fully saturated rings. The minimum absolute atomic E-state index is 0.161. The van der Waals surface area contributed by atoms with Crippen molar-refractivity contribution in [3.05, 3.63) is 34.2 Å². The average molecular weight is 241 g/mol. The van der Waals surface area contributed by atoms with Gasteiger partial charge >= 0.3 is 5.97 Å². The molecule has 88 valence electrons. The minimum Gasteiger partial charge on any atom is -0.477 e. The van der Waals surface area contributed by atoms with Gasteiger partial charge in [0, 0.05) is 25.0 Å². The summed E-state index contributed by atoms with van der Waals surface area (Å²) in [4.78, 5) is 21.9. The molecule has 0 spiro atoms. The molecule has 0 saturated carbocycles. The van der Waals surface area contributed by atoms with Crippen LogP contribution in [0.1, 0.15) is 23.7 Å². The molecule has 0 aliphatic heterocycles. The number of carbonyl (C=O) groups is 1. The Morgan fingerprint density at radius 3 is 2.94 bits per heavy atom. The highest BCUT2D eigenvalue weighted by molar-refractivity contribution is 7.99. The number of nitrogens with zero attached hydrogens (tertiary/aromatic N) is 1. The van der Waals surface area contributed by atoms with Crippen molar-refractivity contribution in [1.29, 1.82) is 0 Å². The number of carboxylic acids is 1. The Morgan fingerprint density at radius 1 is 1.56 bits per heavy atom. The summed E-state index contributed by atoms with van der Waals surface area (Å²) in [5.41, 5.74) is -0.600. The lowest BCUT2D eigenvalue weighted by molar-refractivity contribution is 0.0694. The maximum absolute atomic E-state index is 11.2. The number of aromatic carboxylic acids is 1. The molecule has 1 rings (SSSR count). The van der Waals surface area contributed by atoms with Crippen LogP contribution < -0.4 is 5.43 Å².